The molecule has 0 bridgehead atoms. The number of carbonyl (C=O) groups is 4. The third-order valence-electron chi connectivity index (χ3n) is 8.06. The van der Waals surface area contributed by atoms with Gasteiger partial charge in [0, 0.05) is 35.6 Å². The number of benzene rings is 1. The number of aliphatic hydroxyl groups excluding tert-OH is 2. The van der Waals surface area contributed by atoms with Crippen molar-refractivity contribution in [3.05, 3.63) is 45.2 Å². The summed E-state index contributed by atoms with van der Waals surface area (Å²) in [5.74, 6) is -9.13. The number of primary amides is 1. The smallest absolute Gasteiger partial charge is 0.255 e. The number of hydrogen-bond donors (Lipinski definition) is 7. The number of anilines is 1. The molecule has 0 spiro atoms. The predicted molar refractivity (Wildman–Crippen MR) is 129 cm³/mol. The van der Waals surface area contributed by atoms with Crippen molar-refractivity contribution in [1.29, 1.82) is 0 Å². The Hall–Kier alpha value is -3.77. The van der Waals surface area contributed by atoms with Crippen molar-refractivity contribution in [3.8, 4) is 5.75 Å². The first kappa shape index (κ1) is 25.9. The minimum absolute atomic E-state index is 0.0165. The minimum atomic E-state index is -2.71. The van der Waals surface area contributed by atoms with Gasteiger partial charge in [0.2, 0.25) is 11.7 Å². The number of halogens is 1. The van der Waals surface area contributed by atoms with Crippen molar-refractivity contribution < 1.29 is 44.0 Å². The van der Waals surface area contributed by atoms with Gasteiger partial charge in [-0.15, -0.1) is 0 Å². The van der Waals surface area contributed by atoms with Crippen molar-refractivity contribution in [2.45, 2.75) is 57.7 Å². The monoisotopic (exact) mass is 529 g/mol. The summed E-state index contributed by atoms with van der Waals surface area (Å²) in [6.45, 7) is 3.75. The fourth-order valence-electron chi connectivity index (χ4n) is 6.26. The average molecular weight is 530 g/mol. The normalized spacial score (nSPS) is 28.9. The first-order chi connectivity index (χ1) is 17.8. The SMILES string of the molecule is CC(C)C[C@H]1NCc2c(F)c3c(c(O)c2NC1=O)C(=O)C1=C(O)[C@]2(O)C(=O)C(C(N)=O)=C(O)C[C@@H]2CC1C3. The van der Waals surface area contributed by atoms with Crippen molar-refractivity contribution in [1.82, 2.24) is 5.32 Å². The van der Waals surface area contributed by atoms with Crippen LogP contribution in [0.25, 0.3) is 0 Å². The molecule has 2 amide bonds. The quantitative estimate of drug-likeness (QED) is 0.222. The lowest BCUT2D eigenvalue weighted by atomic mass is 9.60. The molecule has 11 nitrogen and oxygen atoms in total. The molecule has 0 saturated carbocycles. The standard InChI is InChI=1S/C26H28FN3O8/c1-8(2)3-13-25(37)30-19-12(7-29-13)18(27)11-5-9-4-10-6-14(31)17(24(28)36)23(35)26(10,38)22(34)15(9)20(32)16(11)21(19)33/h8-10,13,29,31,33-34,38H,3-7H2,1-2H3,(H2,28,36)(H,30,37)/t9?,10-,13+,26-/m0/s1. The molecule has 3 aliphatic carbocycles. The molecule has 202 valence electrons. The van der Waals surface area contributed by atoms with E-state index >= 15 is 4.39 Å². The van der Waals surface area contributed by atoms with Crippen LogP contribution in [0.5, 0.6) is 5.75 Å². The lowest BCUT2D eigenvalue weighted by Gasteiger charge is -2.45. The number of Topliss-reactive ketones (excluding diaryl/α,β-unsaturated/α-hetero) is 2. The molecule has 1 aliphatic heterocycles. The fourth-order valence-corrected chi connectivity index (χ4v) is 6.26. The molecule has 1 aromatic rings. The first-order valence-electron chi connectivity index (χ1n) is 12.4. The topological polar surface area (TPSA) is 199 Å². The Balaban J connectivity index is 1.63. The summed E-state index contributed by atoms with van der Waals surface area (Å²) >= 11 is 0. The summed E-state index contributed by atoms with van der Waals surface area (Å²) in [6.07, 6.45) is -0.192. The van der Waals surface area contributed by atoms with Crippen LogP contribution in [-0.4, -0.2) is 55.4 Å². The molecule has 4 aliphatic rings. The van der Waals surface area contributed by atoms with Crippen LogP contribution < -0.4 is 16.4 Å². The maximum atomic E-state index is 15.9. The number of aromatic hydroxyl groups is 1. The van der Waals surface area contributed by atoms with Crippen molar-refractivity contribution in [3.63, 3.8) is 0 Å². The zero-order valence-corrected chi connectivity index (χ0v) is 20.7. The van der Waals surface area contributed by atoms with E-state index in [1.54, 1.807) is 0 Å². The van der Waals surface area contributed by atoms with E-state index in [0.717, 1.165) is 0 Å². The fraction of sp³-hybridized carbons (Fsp3) is 0.462. The number of fused-ring (bicyclic) bond motifs is 4. The van der Waals surface area contributed by atoms with Crippen molar-refractivity contribution in [2.75, 3.05) is 5.32 Å². The Morgan fingerprint density at radius 2 is 1.84 bits per heavy atom. The summed E-state index contributed by atoms with van der Waals surface area (Å²) in [5, 5.41) is 49.2. The average Bonchev–Trinajstić information content (AvgIpc) is 2.98. The highest BCUT2D eigenvalue weighted by molar-refractivity contribution is 6.24. The number of amides is 2. The molecule has 5 rings (SSSR count). The molecular formula is C26H28FN3O8. The predicted octanol–water partition coefficient (Wildman–Crippen LogP) is 1.18. The minimum Gasteiger partial charge on any atom is -0.511 e. The van der Waals surface area contributed by atoms with E-state index in [1.165, 1.54) is 0 Å². The molecule has 38 heavy (non-hydrogen) atoms. The summed E-state index contributed by atoms with van der Waals surface area (Å²) in [6, 6.07) is -0.661. The van der Waals surface area contributed by atoms with Gasteiger partial charge in [0.25, 0.3) is 5.91 Å². The Morgan fingerprint density at radius 1 is 1.16 bits per heavy atom. The van der Waals surface area contributed by atoms with Crippen molar-refractivity contribution in [2.24, 2.45) is 23.5 Å². The maximum absolute atomic E-state index is 15.9. The van der Waals surface area contributed by atoms with E-state index in [2.05, 4.69) is 10.6 Å². The second-order valence-electron chi connectivity index (χ2n) is 10.8. The molecular weight excluding hydrogens is 501 g/mol. The summed E-state index contributed by atoms with van der Waals surface area (Å²) in [7, 11) is 0. The van der Waals surface area contributed by atoms with E-state index in [-0.39, 0.29) is 48.5 Å². The van der Waals surface area contributed by atoms with E-state index in [1.807, 2.05) is 13.8 Å². The summed E-state index contributed by atoms with van der Waals surface area (Å²) < 4.78 is 15.9. The van der Waals surface area contributed by atoms with Gasteiger partial charge in [-0.05, 0) is 31.1 Å². The Kier molecular flexibility index (Phi) is 5.88. The zero-order valence-electron chi connectivity index (χ0n) is 20.7. The van der Waals surface area contributed by atoms with E-state index in [0.29, 0.717) is 6.42 Å². The largest absolute Gasteiger partial charge is 0.511 e. The number of phenolic OH excluding ortho intramolecular Hbond substituents is 1. The molecule has 1 aromatic carbocycles. The highest BCUT2D eigenvalue weighted by Crippen LogP contribution is 2.53. The molecule has 0 aromatic heterocycles. The van der Waals surface area contributed by atoms with Gasteiger partial charge < -0.3 is 36.8 Å². The van der Waals surface area contributed by atoms with Crippen LogP contribution in [0.3, 0.4) is 0 Å². The molecule has 12 heteroatoms. The number of hydrogen-bond acceptors (Lipinski definition) is 9. The lowest BCUT2D eigenvalue weighted by Crippen LogP contribution is -2.57. The maximum Gasteiger partial charge on any atom is 0.255 e. The molecule has 1 unspecified atom stereocenters. The van der Waals surface area contributed by atoms with E-state index in [9.17, 15) is 39.6 Å². The van der Waals surface area contributed by atoms with Gasteiger partial charge in [0.05, 0.1) is 17.3 Å². The molecule has 4 atom stereocenters. The Morgan fingerprint density at radius 3 is 2.47 bits per heavy atom. The third kappa shape index (κ3) is 3.47. The molecule has 0 saturated heterocycles. The lowest BCUT2D eigenvalue weighted by molar-refractivity contribution is -0.144. The van der Waals surface area contributed by atoms with Gasteiger partial charge in [-0.3, -0.25) is 19.2 Å². The third-order valence-corrected chi connectivity index (χ3v) is 8.06. The highest BCUT2D eigenvalue weighted by atomic mass is 19.1. The summed E-state index contributed by atoms with van der Waals surface area (Å²) in [4.78, 5) is 51.2. The van der Waals surface area contributed by atoms with Gasteiger partial charge in [0.15, 0.2) is 17.1 Å². The number of carbonyl (C=O) groups excluding carboxylic acids is 4. The van der Waals surface area contributed by atoms with Crippen LogP contribution in [0.2, 0.25) is 0 Å². The zero-order chi connectivity index (χ0) is 27.8. The van der Waals surface area contributed by atoms with Gasteiger partial charge in [-0.1, -0.05) is 13.8 Å². The van der Waals surface area contributed by atoms with Gasteiger partial charge in [-0.2, -0.15) is 0 Å². The second kappa shape index (κ2) is 8.63. The van der Waals surface area contributed by atoms with E-state index < -0.39 is 86.7 Å². The highest BCUT2D eigenvalue weighted by Gasteiger charge is 2.60. The van der Waals surface area contributed by atoms with Crippen LogP contribution in [-0.2, 0) is 27.3 Å². The number of rotatable bonds is 3. The molecule has 1 heterocycles. The first-order valence-corrected chi connectivity index (χ1v) is 12.4. The van der Waals surface area contributed by atoms with Gasteiger partial charge >= 0.3 is 0 Å². The number of phenols is 1. The molecule has 0 fully saturated rings. The van der Waals surface area contributed by atoms with Crippen LogP contribution in [0, 0.1) is 23.6 Å². The number of nitrogens with one attached hydrogen (secondary N) is 2. The van der Waals surface area contributed by atoms with Crippen LogP contribution in [0.4, 0.5) is 10.1 Å². The van der Waals surface area contributed by atoms with Gasteiger partial charge in [0.1, 0.15) is 22.9 Å². The molecule has 0 radical (unpaired) electrons. The van der Waals surface area contributed by atoms with Crippen LogP contribution in [0.1, 0.15) is 54.6 Å². The van der Waals surface area contributed by atoms with Gasteiger partial charge in [-0.25, -0.2) is 4.39 Å². The second-order valence-corrected chi connectivity index (χ2v) is 10.8. The van der Waals surface area contributed by atoms with Crippen LogP contribution in [0.15, 0.2) is 22.7 Å². The van der Waals surface area contributed by atoms with Crippen molar-refractivity contribution >= 4 is 29.1 Å². The number of ketones is 2. The molecule has 8 N–H and O–H groups in total. The Labute approximate surface area is 216 Å². The number of allylic oxidation sites excluding steroid dienone is 2. The van der Waals surface area contributed by atoms with Crippen LogP contribution >= 0.6 is 0 Å². The summed E-state index contributed by atoms with van der Waals surface area (Å²) in [5.41, 5.74) is 0.326. The van der Waals surface area contributed by atoms with E-state index in [4.69, 9.17) is 5.73 Å². The number of nitrogens with two attached hydrogens (primary N) is 1. The Bertz CT molecular complexity index is 1400. The number of aliphatic hydroxyl groups is 3.